The summed E-state index contributed by atoms with van der Waals surface area (Å²) in [6.07, 6.45) is -2.52. The average molecular weight is 381 g/mol. The highest BCUT2D eigenvalue weighted by atomic mass is 19.4. The fourth-order valence-electron chi connectivity index (χ4n) is 3.61. The van der Waals surface area contributed by atoms with E-state index in [-0.39, 0.29) is 11.8 Å². The Morgan fingerprint density at radius 3 is 2.11 bits per heavy atom. The molecule has 0 spiro atoms. The van der Waals surface area contributed by atoms with Gasteiger partial charge in [-0.05, 0) is 43.7 Å². The summed E-state index contributed by atoms with van der Waals surface area (Å²) in [5.41, 5.74) is -0.805. The lowest BCUT2D eigenvalue weighted by Gasteiger charge is -2.51. The van der Waals surface area contributed by atoms with Crippen molar-refractivity contribution >= 4 is 17.5 Å². The molecular weight excluding hydrogens is 359 g/mol. The highest BCUT2D eigenvalue weighted by Crippen LogP contribution is 2.34. The van der Waals surface area contributed by atoms with E-state index in [9.17, 15) is 22.8 Å². The third kappa shape index (κ3) is 3.52. The van der Waals surface area contributed by atoms with Crippen molar-refractivity contribution in [3.63, 3.8) is 0 Å². The molecule has 27 heavy (non-hydrogen) atoms. The monoisotopic (exact) mass is 381 g/mol. The molecule has 2 heterocycles. The lowest BCUT2D eigenvalue weighted by molar-refractivity contribution is -0.161. The molecule has 2 aliphatic heterocycles. The van der Waals surface area contributed by atoms with Crippen molar-refractivity contribution in [1.29, 1.82) is 0 Å². The van der Waals surface area contributed by atoms with Crippen molar-refractivity contribution in [2.75, 3.05) is 37.6 Å². The molecule has 0 bridgehead atoms. The molecule has 2 aliphatic rings. The van der Waals surface area contributed by atoms with Gasteiger partial charge in [-0.15, -0.1) is 0 Å². The minimum absolute atomic E-state index is 0.0870. The third-order valence-corrected chi connectivity index (χ3v) is 5.45. The summed E-state index contributed by atoms with van der Waals surface area (Å²) in [5, 5.41) is 0. The van der Waals surface area contributed by atoms with E-state index in [0.29, 0.717) is 44.8 Å². The van der Waals surface area contributed by atoms with E-state index in [1.165, 1.54) is 23.1 Å². The standard InChI is InChI=1S/C19H22F3N3O2/c1-3-16(26)25-9-8-18(25,2)17(27)24-12-10-23(11-13-24)15-6-4-14(5-7-15)19(20,21)22/h3-7H,1,8-13H2,2H3. The van der Waals surface area contributed by atoms with Crippen molar-refractivity contribution < 1.29 is 22.8 Å². The summed E-state index contributed by atoms with van der Waals surface area (Å²) >= 11 is 0. The Balaban J connectivity index is 1.61. The van der Waals surface area contributed by atoms with Crippen molar-refractivity contribution in [3.05, 3.63) is 42.5 Å². The van der Waals surface area contributed by atoms with E-state index < -0.39 is 17.3 Å². The number of hydrogen-bond acceptors (Lipinski definition) is 3. The Morgan fingerprint density at radius 1 is 1.07 bits per heavy atom. The number of nitrogens with zero attached hydrogens (tertiary/aromatic N) is 3. The number of hydrogen-bond donors (Lipinski definition) is 0. The Kier molecular flexibility index (Phi) is 4.92. The van der Waals surface area contributed by atoms with Gasteiger partial charge in [0.1, 0.15) is 5.54 Å². The number of carbonyl (C=O) groups is 2. The first kappa shape index (κ1) is 19.3. The molecular formula is C19H22F3N3O2. The van der Waals surface area contributed by atoms with E-state index in [4.69, 9.17) is 0 Å². The summed E-state index contributed by atoms with van der Waals surface area (Å²) in [7, 11) is 0. The predicted molar refractivity (Wildman–Crippen MR) is 95.2 cm³/mol. The first-order valence-corrected chi connectivity index (χ1v) is 8.82. The van der Waals surface area contributed by atoms with E-state index in [1.807, 2.05) is 4.90 Å². The summed E-state index contributed by atoms with van der Waals surface area (Å²) in [4.78, 5) is 30.0. The van der Waals surface area contributed by atoms with Gasteiger partial charge >= 0.3 is 6.18 Å². The summed E-state index contributed by atoms with van der Waals surface area (Å²) in [6.45, 7) is 7.77. The minimum atomic E-state index is -4.35. The van der Waals surface area contributed by atoms with Crippen LogP contribution in [0.15, 0.2) is 36.9 Å². The molecule has 1 aromatic rings. The molecule has 1 aromatic carbocycles. The molecule has 0 aliphatic carbocycles. The van der Waals surface area contributed by atoms with Gasteiger partial charge in [0.15, 0.2) is 0 Å². The Bertz CT molecular complexity index is 740. The zero-order valence-electron chi connectivity index (χ0n) is 15.1. The van der Waals surface area contributed by atoms with Gasteiger partial charge in [-0.3, -0.25) is 9.59 Å². The minimum Gasteiger partial charge on any atom is -0.368 e. The van der Waals surface area contributed by atoms with Crippen molar-refractivity contribution in [1.82, 2.24) is 9.80 Å². The molecule has 3 rings (SSSR count). The van der Waals surface area contributed by atoms with Crippen LogP contribution >= 0.6 is 0 Å². The molecule has 2 fully saturated rings. The lowest BCUT2D eigenvalue weighted by atomic mass is 9.84. The van der Waals surface area contributed by atoms with Crippen LogP contribution in [0.1, 0.15) is 18.9 Å². The number of rotatable bonds is 3. The van der Waals surface area contributed by atoms with Crippen LogP contribution in [-0.2, 0) is 15.8 Å². The number of alkyl halides is 3. The Labute approximate surface area is 156 Å². The van der Waals surface area contributed by atoms with E-state index >= 15 is 0 Å². The van der Waals surface area contributed by atoms with Crippen LogP contribution in [0.2, 0.25) is 0 Å². The Morgan fingerprint density at radius 2 is 1.67 bits per heavy atom. The van der Waals surface area contributed by atoms with E-state index in [1.54, 1.807) is 11.8 Å². The molecule has 146 valence electrons. The number of benzene rings is 1. The third-order valence-electron chi connectivity index (χ3n) is 5.45. The molecule has 0 aromatic heterocycles. The number of likely N-dealkylation sites (tertiary alicyclic amines) is 1. The van der Waals surface area contributed by atoms with Gasteiger partial charge in [0.05, 0.1) is 5.56 Å². The first-order valence-electron chi connectivity index (χ1n) is 8.82. The molecule has 0 N–H and O–H groups in total. The maximum atomic E-state index is 12.9. The van der Waals surface area contributed by atoms with Crippen molar-refractivity contribution in [3.8, 4) is 0 Å². The average Bonchev–Trinajstić information content (AvgIpc) is 2.65. The van der Waals surface area contributed by atoms with Crippen LogP contribution in [-0.4, -0.2) is 59.9 Å². The largest absolute Gasteiger partial charge is 0.416 e. The second kappa shape index (κ2) is 6.90. The molecule has 0 radical (unpaired) electrons. The molecule has 8 heteroatoms. The first-order chi connectivity index (χ1) is 12.7. The highest BCUT2D eigenvalue weighted by Gasteiger charge is 2.50. The smallest absolute Gasteiger partial charge is 0.368 e. The van der Waals surface area contributed by atoms with Gasteiger partial charge in [-0.1, -0.05) is 6.58 Å². The number of amides is 2. The van der Waals surface area contributed by atoms with Gasteiger partial charge in [-0.25, -0.2) is 0 Å². The number of halogens is 3. The van der Waals surface area contributed by atoms with Gasteiger partial charge in [-0.2, -0.15) is 13.2 Å². The van der Waals surface area contributed by atoms with Gasteiger partial charge in [0.2, 0.25) is 11.8 Å². The highest BCUT2D eigenvalue weighted by molar-refractivity contribution is 5.96. The van der Waals surface area contributed by atoms with Gasteiger partial charge in [0, 0.05) is 38.4 Å². The maximum absolute atomic E-state index is 12.9. The van der Waals surface area contributed by atoms with E-state index in [2.05, 4.69) is 6.58 Å². The van der Waals surface area contributed by atoms with Crippen LogP contribution in [0.3, 0.4) is 0 Å². The fraction of sp³-hybridized carbons (Fsp3) is 0.474. The van der Waals surface area contributed by atoms with Crippen LogP contribution < -0.4 is 4.90 Å². The van der Waals surface area contributed by atoms with Crippen LogP contribution in [0, 0.1) is 0 Å². The topological polar surface area (TPSA) is 43.9 Å². The van der Waals surface area contributed by atoms with Crippen molar-refractivity contribution in [2.24, 2.45) is 0 Å². The molecule has 2 saturated heterocycles. The van der Waals surface area contributed by atoms with E-state index in [0.717, 1.165) is 12.1 Å². The molecule has 2 amide bonds. The van der Waals surface area contributed by atoms with Gasteiger partial charge < -0.3 is 14.7 Å². The van der Waals surface area contributed by atoms with Crippen LogP contribution in [0.4, 0.5) is 18.9 Å². The molecule has 1 unspecified atom stereocenters. The normalized spacial score (nSPS) is 23.0. The molecule has 5 nitrogen and oxygen atoms in total. The summed E-state index contributed by atoms with van der Waals surface area (Å²) < 4.78 is 38.0. The number of anilines is 1. The van der Waals surface area contributed by atoms with Gasteiger partial charge in [0.25, 0.3) is 0 Å². The zero-order chi connectivity index (χ0) is 19.8. The summed E-state index contributed by atoms with van der Waals surface area (Å²) in [5.74, 6) is -0.337. The number of carbonyl (C=O) groups excluding carboxylic acids is 2. The lowest BCUT2D eigenvalue weighted by Crippen LogP contribution is -2.69. The number of piperazine rings is 1. The zero-order valence-corrected chi connectivity index (χ0v) is 15.1. The second-order valence-electron chi connectivity index (χ2n) is 7.04. The maximum Gasteiger partial charge on any atom is 0.416 e. The fourth-order valence-corrected chi connectivity index (χ4v) is 3.61. The quantitative estimate of drug-likeness (QED) is 0.756. The molecule has 0 saturated carbocycles. The molecule has 1 atom stereocenters. The Hall–Kier alpha value is -2.51. The van der Waals surface area contributed by atoms with Crippen LogP contribution in [0.25, 0.3) is 0 Å². The second-order valence-corrected chi connectivity index (χ2v) is 7.04. The summed E-state index contributed by atoms with van der Waals surface area (Å²) in [6, 6.07) is 5.05. The SMILES string of the molecule is C=CC(=O)N1CCC1(C)C(=O)N1CCN(c2ccc(C(F)(F)F)cc2)CC1. The predicted octanol–water partition coefficient (Wildman–Crippen LogP) is 2.53. The van der Waals surface area contributed by atoms with Crippen molar-refractivity contribution in [2.45, 2.75) is 25.1 Å². The van der Waals surface area contributed by atoms with Crippen LogP contribution in [0.5, 0.6) is 0 Å².